The Balaban J connectivity index is 1.41. The standard InChI is InChI=1S/C25H28FNO4S2/c26-19-11-9-10-18(16-19)21-14-13-20(31-21)17-22-24(30)27(25(32)33-22)15-8-6-4-2-1-3-5-7-12-23(28)29/h9-11,13-14,16-17H,1-8,12,15H2,(H,28,29). The van der Waals surface area contributed by atoms with Crippen LogP contribution in [0, 0.1) is 5.82 Å². The number of furan rings is 1. The maximum atomic E-state index is 13.4. The van der Waals surface area contributed by atoms with E-state index in [9.17, 15) is 14.0 Å². The van der Waals surface area contributed by atoms with Crippen molar-refractivity contribution < 1.29 is 23.5 Å². The lowest BCUT2D eigenvalue weighted by Gasteiger charge is -2.14. The van der Waals surface area contributed by atoms with Gasteiger partial charge in [0, 0.05) is 24.6 Å². The van der Waals surface area contributed by atoms with Gasteiger partial charge in [0.25, 0.3) is 5.91 Å². The summed E-state index contributed by atoms with van der Waals surface area (Å²) in [4.78, 5) is 25.4. The maximum absolute atomic E-state index is 13.4. The van der Waals surface area contributed by atoms with Crippen LogP contribution in [0.25, 0.3) is 17.4 Å². The van der Waals surface area contributed by atoms with Crippen LogP contribution in [-0.4, -0.2) is 32.7 Å². The van der Waals surface area contributed by atoms with Crippen LogP contribution in [-0.2, 0) is 9.59 Å². The molecule has 0 bridgehead atoms. The van der Waals surface area contributed by atoms with Crippen LogP contribution in [0.1, 0.15) is 63.5 Å². The zero-order chi connectivity index (χ0) is 23.6. The van der Waals surface area contributed by atoms with Gasteiger partial charge in [0.15, 0.2) is 0 Å². The predicted molar refractivity (Wildman–Crippen MR) is 133 cm³/mol. The minimum atomic E-state index is -0.724. The van der Waals surface area contributed by atoms with Gasteiger partial charge in [0.2, 0.25) is 0 Å². The first kappa shape index (κ1) is 25.2. The smallest absolute Gasteiger partial charge is 0.303 e. The summed E-state index contributed by atoms with van der Waals surface area (Å²) >= 11 is 6.67. The van der Waals surface area contributed by atoms with Gasteiger partial charge in [-0.3, -0.25) is 14.5 Å². The summed E-state index contributed by atoms with van der Waals surface area (Å²) in [5, 5.41) is 8.62. The van der Waals surface area contributed by atoms with Crippen molar-refractivity contribution in [2.45, 2.75) is 57.8 Å². The van der Waals surface area contributed by atoms with Gasteiger partial charge in [-0.15, -0.1) is 0 Å². The molecular formula is C25H28FNO4S2. The summed E-state index contributed by atoms with van der Waals surface area (Å²) in [6.45, 7) is 0.604. The summed E-state index contributed by atoms with van der Waals surface area (Å²) < 4.78 is 19.8. The first-order chi connectivity index (χ1) is 15.9. The van der Waals surface area contributed by atoms with Crippen LogP contribution in [0.2, 0.25) is 0 Å². The fraction of sp³-hybridized carbons (Fsp3) is 0.400. The summed E-state index contributed by atoms with van der Waals surface area (Å²) in [5.41, 5.74) is 0.641. The van der Waals surface area contributed by atoms with E-state index in [1.165, 1.54) is 23.9 Å². The molecule has 176 valence electrons. The average Bonchev–Trinajstić information content (AvgIpc) is 3.34. The SMILES string of the molecule is O=C(O)CCCCCCCCCCN1C(=O)C(=Cc2ccc(-c3cccc(F)c3)o2)SC1=S. The second kappa shape index (κ2) is 12.7. The number of aliphatic carboxylic acids is 1. The Bertz CT molecular complexity index is 1020. The monoisotopic (exact) mass is 489 g/mol. The Morgan fingerprint density at radius 3 is 2.45 bits per heavy atom. The second-order valence-electron chi connectivity index (χ2n) is 8.02. The molecule has 1 aliphatic heterocycles. The lowest BCUT2D eigenvalue weighted by Crippen LogP contribution is -2.28. The highest BCUT2D eigenvalue weighted by Crippen LogP contribution is 2.34. The molecule has 5 nitrogen and oxygen atoms in total. The van der Waals surface area contributed by atoms with Crippen molar-refractivity contribution in [1.29, 1.82) is 0 Å². The number of carboxylic acids is 1. The number of nitrogens with zero attached hydrogens (tertiary/aromatic N) is 1. The molecule has 1 aliphatic rings. The number of unbranched alkanes of at least 4 members (excludes halogenated alkanes) is 7. The lowest BCUT2D eigenvalue weighted by molar-refractivity contribution is -0.137. The van der Waals surface area contributed by atoms with Gasteiger partial charge in [0.1, 0.15) is 21.7 Å². The number of benzene rings is 1. The third kappa shape index (κ3) is 7.82. The Morgan fingerprint density at radius 1 is 1.06 bits per heavy atom. The van der Waals surface area contributed by atoms with Gasteiger partial charge >= 0.3 is 5.97 Å². The summed E-state index contributed by atoms with van der Waals surface area (Å²) in [6, 6.07) is 9.69. The molecule has 0 radical (unpaired) electrons. The number of thiocarbonyl (C=S) groups is 1. The summed E-state index contributed by atoms with van der Waals surface area (Å²) in [5.74, 6) is -0.0938. The maximum Gasteiger partial charge on any atom is 0.303 e. The van der Waals surface area contributed by atoms with Gasteiger partial charge in [-0.1, -0.05) is 74.6 Å². The van der Waals surface area contributed by atoms with Crippen LogP contribution in [0.4, 0.5) is 4.39 Å². The number of thioether (sulfide) groups is 1. The molecule has 1 aromatic carbocycles. The van der Waals surface area contributed by atoms with E-state index >= 15 is 0 Å². The Hall–Kier alpha value is -2.45. The fourth-order valence-corrected chi connectivity index (χ4v) is 4.94. The van der Waals surface area contributed by atoms with E-state index in [0.717, 1.165) is 51.4 Å². The zero-order valence-electron chi connectivity index (χ0n) is 18.4. The van der Waals surface area contributed by atoms with Crippen molar-refractivity contribution >= 4 is 46.3 Å². The molecule has 8 heteroatoms. The molecule has 2 heterocycles. The highest BCUT2D eigenvalue weighted by Gasteiger charge is 2.31. The molecule has 33 heavy (non-hydrogen) atoms. The van der Waals surface area contributed by atoms with E-state index < -0.39 is 5.97 Å². The van der Waals surface area contributed by atoms with E-state index in [1.807, 2.05) is 0 Å². The van der Waals surface area contributed by atoms with E-state index in [0.29, 0.717) is 32.9 Å². The first-order valence-corrected chi connectivity index (χ1v) is 12.5. The van der Waals surface area contributed by atoms with Crippen LogP contribution in [0.15, 0.2) is 45.7 Å². The second-order valence-corrected chi connectivity index (χ2v) is 9.69. The molecule has 0 aliphatic carbocycles. The van der Waals surface area contributed by atoms with Crippen molar-refractivity contribution in [3.63, 3.8) is 0 Å². The molecular weight excluding hydrogens is 461 g/mol. The molecule has 1 saturated heterocycles. The van der Waals surface area contributed by atoms with Crippen molar-refractivity contribution in [3.8, 4) is 11.3 Å². The molecule has 0 spiro atoms. The van der Waals surface area contributed by atoms with Gasteiger partial charge in [0.05, 0.1) is 4.91 Å². The summed E-state index contributed by atoms with van der Waals surface area (Å²) in [6.07, 6.45) is 9.99. The molecule has 0 saturated carbocycles. The van der Waals surface area contributed by atoms with Crippen molar-refractivity contribution in [1.82, 2.24) is 4.90 Å². The number of carboxylic acid groups (broad SMARTS) is 1. The molecule has 3 rings (SSSR count). The van der Waals surface area contributed by atoms with E-state index in [2.05, 4.69) is 0 Å². The van der Waals surface area contributed by atoms with Gasteiger partial charge < -0.3 is 9.52 Å². The molecule has 1 aromatic heterocycles. The molecule has 1 amide bonds. The minimum absolute atomic E-state index is 0.105. The normalized spacial score (nSPS) is 15.1. The largest absolute Gasteiger partial charge is 0.481 e. The number of hydrogen-bond donors (Lipinski definition) is 1. The molecule has 1 N–H and O–H groups in total. The Labute approximate surface area is 203 Å². The third-order valence-corrected chi connectivity index (χ3v) is 6.78. The van der Waals surface area contributed by atoms with Crippen molar-refractivity contribution in [2.24, 2.45) is 0 Å². The zero-order valence-corrected chi connectivity index (χ0v) is 20.1. The highest BCUT2D eigenvalue weighted by molar-refractivity contribution is 8.26. The van der Waals surface area contributed by atoms with Gasteiger partial charge in [-0.2, -0.15) is 0 Å². The van der Waals surface area contributed by atoms with E-state index in [4.69, 9.17) is 21.7 Å². The highest BCUT2D eigenvalue weighted by atomic mass is 32.2. The average molecular weight is 490 g/mol. The first-order valence-electron chi connectivity index (χ1n) is 11.3. The Morgan fingerprint density at radius 2 is 1.76 bits per heavy atom. The number of halogens is 1. The Kier molecular flexibility index (Phi) is 9.69. The van der Waals surface area contributed by atoms with Crippen molar-refractivity contribution in [3.05, 3.63) is 52.9 Å². The van der Waals surface area contributed by atoms with Crippen LogP contribution in [0.5, 0.6) is 0 Å². The molecule has 0 unspecified atom stereocenters. The number of carbonyl (C=O) groups is 2. The number of rotatable bonds is 13. The van der Waals surface area contributed by atoms with Gasteiger partial charge in [-0.25, -0.2) is 4.39 Å². The van der Waals surface area contributed by atoms with E-state index in [-0.39, 0.29) is 18.1 Å². The van der Waals surface area contributed by atoms with Crippen molar-refractivity contribution in [2.75, 3.05) is 6.54 Å². The number of carbonyl (C=O) groups excluding carboxylic acids is 1. The van der Waals surface area contributed by atoms with Gasteiger partial charge in [-0.05, 0) is 37.1 Å². The van der Waals surface area contributed by atoms with Crippen LogP contribution in [0.3, 0.4) is 0 Å². The molecule has 2 aromatic rings. The number of hydrogen-bond acceptors (Lipinski definition) is 5. The predicted octanol–water partition coefficient (Wildman–Crippen LogP) is 6.88. The molecule has 0 atom stereocenters. The molecule has 1 fully saturated rings. The third-order valence-electron chi connectivity index (χ3n) is 5.41. The van der Waals surface area contributed by atoms with Crippen LogP contribution < -0.4 is 0 Å². The van der Waals surface area contributed by atoms with E-state index in [1.54, 1.807) is 35.2 Å². The topological polar surface area (TPSA) is 70.8 Å². The minimum Gasteiger partial charge on any atom is -0.481 e. The quantitative estimate of drug-likeness (QED) is 0.188. The number of amides is 1. The lowest BCUT2D eigenvalue weighted by atomic mass is 10.1. The van der Waals surface area contributed by atoms with Crippen LogP contribution >= 0.6 is 24.0 Å². The summed E-state index contributed by atoms with van der Waals surface area (Å²) in [7, 11) is 0. The fourth-order valence-electron chi connectivity index (χ4n) is 3.66.